The van der Waals surface area contributed by atoms with E-state index in [9.17, 15) is 0 Å². The molecule has 0 aromatic carbocycles. The molecule has 2 heterocycles. The van der Waals surface area contributed by atoms with Gasteiger partial charge in [-0.2, -0.15) is 0 Å². The minimum Gasteiger partial charge on any atom is -0.361 e. The van der Waals surface area contributed by atoms with Crippen molar-refractivity contribution >= 4 is 0 Å². The van der Waals surface area contributed by atoms with Crippen LogP contribution in [0.5, 0.6) is 0 Å². The Hall–Kier alpha value is -0.870. The summed E-state index contributed by atoms with van der Waals surface area (Å²) >= 11 is 0. The highest BCUT2D eigenvalue weighted by atomic mass is 16.5. The number of rotatable bonds is 4. The number of hydrogen-bond acceptors (Lipinski definition) is 4. The summed E-state index contributed by atoms with van der Waals surface area (Å²) in [6.45, 7) is 4.02. The molecule has 0 radical (unpaired) electrons. The Morgan fingerprint density at radius 2 is 2.21 bits per heavy atom. The van der Waals surface area contributed by atoms with E-state index in [-0.39, 0.29) is 0 Å². The molecule has 1 aromatic rings. The summed E-state index contributed by atoms with van der Waals surface area (Å²) in [5.74, 6) is 0.956. The van der Waals surface area contributed by atoms with Gasteiger partial charge in [0, 0.05) is 25.6 Å². The molecule has 14 heavy (non-hydrogen) atoms. The average Bonchev–Trinajstić information content (AvgIpc) is 2.86. The van der Waals surface area contributed by atoms with E-state index in [1.165, 1.54) is 25.9 Å². The van der Waals surface area contributed by atoms with Crippen molar-refractivity contribution in [2.24, 2.45) is 5.73 Å². The van der Waals surface area contributed by atoms with Gasteiger partial charge in [0.15, 0.2) is 0 Å². The van der Waals surface area contributed by atoms with Gasteiger partial charge in [0.05, 0.1) is 5.69 Å². The normalized spacial score (nSPS) is 17.8. The van der Waals surface area contributed by atoms with E-state index in [2.05, 4.69) is 10.1 Å². The van der Waals surface area contributed by atoms with Gasteiger partial charge >= 0.3 is 0 Å². The molecule has 1 aromatic heterocycles. The first-order valence-corrected chi connectivity index (χ1v) is 5.25. The Morgan fingerprint density at radius 3 is 2.86 bits per heavy atom. The largest absolute Gasteiger partial charge is 0.361 e. The third-order valence-corrected chi connectivity index (χ3v) is 2.69. The zero-order valence-corrected chi connectivity index (χ0v) is 8.41. The van der Waals surface area contributed by atoms with Gasteiger partial charge < -0.3 is 15.2 Å². The number of nitrogens with two attached hydrogens (primary N) is 1. The van der Waals surface area contributed by atoms with Crippen LogP contribution < -0.4 is 5.73 Å². The highest BCUT2D eigenvalue weighted by molar-refractivity contribution is 5.05. The predicted octanol–water partition coefficient (Wildman–Crippen LogP) is 0.772. The molecule has 2 N–H and O–H groups in total. The van der Waals surface area contributed by atoms with Crippen LogP contribution in [0.2, 0.25) is 0 Å². The second kappa shape index (κ2) is 4.57. The molecule has 0 unspecified atom stereocenters. The Balaban J connectivity index is 1.79. The third kappa shape index (κ3) is 2.33. The molecule has 0 atom stereocenters. The van der Waals surface area contributed by atoms with Crippen molar-refractivity contribution in [1.29, 1.82) is 0 Å². The zero-order valence-electron chi connectivity index (χ0n) is 8.41. The van der Waals surface area contributed by atoms with Gasteiger partial charge in [-0.05, 0) is 25.9 Å². The molecule has 0 spiro atoms. The molecular formula is C10H17N3O. The third-order valence-electron chi connectivity index (χ3n) is 2.69. The van der Waals surface area contributed by atoms with Crippen LogP contribution in [-0.4, -0.2) is 29.7 Å². The van der Waals surface area contributed by atoms with E-state index in [1.54, 1.807) is 0 Å². The maximum Gasteiger partial charge on any atom is 0.138 e. The summed E-state index contributed by atoms with van der Waals surface area (Å²) in [5.41, 5.74) is 6.30. The van der Waals surface area contributed by atoms with Gasteiger partial charge in [-0.1, -0.05) is 5.16 Å². The predicted molar refractivity (Wildman–Crippen MR) is 53.8 cm³/mol. The molecule has 1 aliphatic heterocycles. The first-order chi connectivity index (χ1) is 6.88. The maximum absolute atomic E-state index is 5.45. The molecule has 78 valence electrons. The van der Waals surface area contributed by atoms with Crippen LogP contribution in [0.25, 0.3) is 0 Å². The molecule has 0 aliphatic carbocycles. The van der Waals surface area contributed by atoms with Crippen molar-refractivity contribution in [2.45, 2.75) is 25.8 Å². The minimum atomic E-state index is 0.465. The quantitative estimate of drug-likeness (QED) is 0.771. The Labute approximate surface area is 84.0 Å². The van der Waals surface area contributed by atoms with E-state index in [0.29, 0.717) is 6.54 Å². The highest BCUT2D eigenvalue weighted by Crippen LogP contribution is 2.09. The van der Waals surface area contributed by atoms with Crippen molar-refractivity contribution in [1.82, 2.24) is 10.1 Å². The summed E-state index contributed by atoms with van der Waals surface area (Å²) in [5, 5.41) is 3.86. The SMILES string of the molecule is NCc1cc(CCN2CCCC2)on1. The number of hydrogen-bond donors (Lipinski definition) is 1. The molecule has 1 saturated heterocycles. The van der Waals surface area contributed by atoms with Crippen LogP contribution in [0, 0.1) is 0 Å². The van der Waals surface area contributed by atoms with Gasteiger partial charge in [-0.25, -0.2) is 0 Å². The lowest BCUT2D eigenvalue weighted by molar-refractivity contribution is 0.314. The Bertz CT molecular complexity index is 279. The van der Waals surface area contributed by atoms with Crippen molar-refractivity contribution in [3.05, 3.63) is 17.5 Å². The topological polar surface area (TPSA) is 55.3 Å². The van der Waals surface area contributed by atoms with Crippen molar-refractivity contribution in [3.8, 4) is 0 Å². The van der Waals surface area contributed by atoms with Crippen LogP contribution in [0.15, 0.2) is 10.6 Å². The summed E-state index contributed by atoms with van der Waals surface area (Å²) in [4.78, 5) is 2.46. The summed E-state index contributed by atoms with van der Waals surface area (Å²) in [6, 6.07) is 1.95. The first-order valence-electron chi connectivity index (χ1n) is 5.25. The molecule has 4 heteroatoms. The summed E-state index contributed by atoms with van der Waals surface area (Å²) in [6.07, 6.45) is 3.63. The molecular weight excluding hydrogens is 178 g/mol. The average molecular weight is 195 g/mol. The van der Waals surface area contributed by atoms with E-state index in [0.717, 1.165) is 24.4 Å². The van der Waals surface area contributed by atoms with Crippen LogP contribution in [-0.2, 0) is 13.0 Å². The van der Waals surface area contributed by atoms with Gasteiger partial charge in [0.25, 0.3) is 0 Å². The highest BCUT2D eigenvalue weighted by Gasteiger charge is 2.12. The van der Waals surface area contributed by atoms with Crippen LogP contribution in [0.4, 0.5) is 0 Å². The fraction of sp³-hybridized carbons (Fsp3) is 0.700. The fourth-order valence-electron chi connectivity index (χ4n) is 1.84. The van der Waals surface area contributed by atoms with Crippen molar-refractivity contribution < 1.29 is 4.52 Å². The van der Waals surface area contributed by atoms with Gasteiger partial charge in [-0.3, -0.25) is 0 Å². The van der Waals surface area contributed by atoms with Crippen LogP contribution >= 0.6 is 0 Å². The first kappa shape index (κ1) is 9.68. The van der Waals surface area contributed by atoms with Gasteiger partial charge in [0.1, 0.15) is 5.76 Å². The second-order valence-electron chi connectivity index (χ2n) is 3.79. The Morgan fingerprint density at radius 1 is 1.43 bits per heavy atom. The molecule has 1 aliphatic rings. The van der Waals surface area contributed by atoms with Crippen LogP contribution in [0.3, 0.4) is 0 Å². The second-order valence-corrected chi connectivity index (χ2v) is 3.79. The summed E-state index contributed by atoms with van der Waals surface area (Å²) in [7, 11) is 0. The number of likely N-dealkylation sites (tertiary alicyclic amines) is 1. The van der Waals surface area contributed by atoms with E-state index >= 15 is 0 Å². The number of aromatic nitrogens is 1. The lowest BCUT2D eigenvalue weighted by atomic mass is 10.3. The zero-order chi connectivity index (χ0) is 9.80. The maximum atomic E-state index is 5.45. The lowest BCUT2D eigenvalue weighted by Gasteiger charge is -2.12. The fourth-order valence-corrected chi connectivity index (χ4v) is 1.84. The van der Waals surface area contributed by atoms with Crippen molar-refractivity contribution in [3.63, 3.8) is 0 Å². The Kier molecular flexibility index (Phi) is 3.16. The molecule has 0 bridgehead atoms. The summed E-state index contributed by atoms with van der Waals surface area (Å²) < 4.78 is 5.16. The van der Waals surface area contributed by atoms with Crippen molar-refractivity contribution in [2.75, 3.05) is 19.6 Å². The van der Waals surface area contributed by atoms with Crippen LogP contribution in [0.1, 0.15) is 24.3 Å². The van der Waals surface area contributed by atoms with E-state index in [1.807, 2.05) is 6.07 Å². The van der Waals surface area contributed by atoms with Gasteiger partial charge in [-0.15, -0.1) is 0 Å². The standard InChI is InChI=1S/C10H17N3O/c11-8-9-7-10(14-12-9)3-6-13-4-1-2-5-13/h7H,1-6,8,11H2. The lowest BCUT2D eigenvalue weighted by Crippen LogP contribution is -2.21. The van der Waals surface area contributed by atoms with E-state index in [4.69, 9.17) is 10.3 Å². The monoisotopic (exact) mass is 195 g/mol. The molecule has 0 amide bonds. The molecule has 0 saturated carbocycles. The van der Waals surface area contributed by atoms with E-state index < -0.39 is 0 Å². The molecule has 1 fully saturated rings. The minimum absolute atomic E-state index is 0.465. The number of nitrogens with zero attached hydrogens (tertiary/aromatic N) is 2. The molecule has 4 nitrogen and oxygen atoms in total. The smallest absolute Gasteiger partial charge is 0.138 e. The van der Waals surface area contributed by atoms with Gasteiger partial charge in [0.2, 0.25) is 0 Å². The molecule has 2 rings (SSSR count).